The Labute approximate surface area is 82.7 Å². The molecule has 0 heterocycles. The monoisotopic (exact) mass is 181 g/mol. The number of nitrogens with two attached hydrogens (primary N) is 1. The molecule has 2 N–H and O–H groups in total. The molecule has 0 unspecified atom stereocenters. The van der Waals surface area contributed by atoms with E-state index in [0.29, 0.717) is 6.54 Å². The van der Waals surface area contributed by atoms with E-state index in [1.807, 2.05) is 6.08 Å². The largest absolute Gasteiger partial charge is 0.327 e. The molecule has 1 nitrogen and oxygen atoms in total. The Bertz CT molecular complexity index is 136. The van der Waals surface area contributed by atoms with Crippen molar-refractivity contribution in [2.75, 3.05) is 6.54 Å². The summed E-state index contributed by atoms with van der Waals surface area (Å²) in [4.78, 5) is 0. The second kappa shape index (κ2) is 11.4. The van der Waals surface area contributed by atoms with Crippen LogP contribution in [0.1, 0.15) is 45.4 Å². The van der Waals surface area contributed by atoms with E-state index in [-0.39, 0.29) is 0 Å². The van der Waals surface area contributed by atoms with Crippen LogP contribution in [-0.4, -0.2) is 6.54 Å². The third-order valence-electron chi connectivity index (χ3n) is 1.94. The molecule has 1 heteroatoms. The zero-order valence-corrected chi connectivity index (χ0v) is 8.84. The average molecular weight is 181 g/mol. The van der Waals surface area contributed by atoms with Crippen LogP contribution >= 0.6 is 0 Å². The normalized spacial score (nSPS) is 11.8. The Morgan fingerprint density at radius 1 is 0.846 bits per heavy atom. The summed E-state index contributed by atoms with van der Waals surface area (Å²) < 4.78 is 0. The maximum Gasteiger partial charge on any atom is 0.0106 e. The van der Waals surface area contributed by atoms with Gasteiger partial charge in [-0.15, -0.1) is 0 Å². The van der Waals surface area contributed by atoms with E-state index in [1.54, 1.807) is 0 Å². The summed E-state index contributed by atoms with van der Waals surface area (Å²) in [6.45, 7) is 2.90. The molecule has 0 aromatic rings. The van der Waals surface area contributed by atoms with Gasteiger partial charge < -0.3 is 5.73 Å². The number of rotatable bonds is 8. The van der Waals surface area contributed by atoms with Gasteiger partial charge in [0.1, 0.15) is 0 Å². The molecule has 0 amide bonds. The summed E-state index contributed by atoms with van der Waals surface area (Å²) in [5.41, 5.74) is 5.32. The van der Waals surface area contributed by atoms with E-state index in [4.69, 9.17) is 5.73 Å². The predicted octanol–water partition coefficient (Wildman–Crippen LogP) is 3.42. The van der Waals surface area contributed by atoms with Gasteiger partial charge in [0.05, 0.1) is 0 Å². The molecule has 0 aliphatic rings. The SMILES string of the molecule is CCCCCC=CCCC=CCN. The number of allylic oxidation sites excluding steroid dienone is 3. The van der Waals surface area contributed by atoms with Crippen LogP contribution < -0.4 is 5.73 Å². The predicted molar refractivity (Wildman–Crippen MR) is 60.7 cm³/mol. The third kappa shape index (κ3) is 11.4. The van der Waals surface area contributed by atoms with Gasteiger partial charge in [-0.3, -0.25) is 0 Å². The van der Waals surface area contributed by atoms with Crippen molar-refractivity contribution in [1.82, 2.24) is 0 Å². The third-order valence-corrected chi connectivity index (χ3v) is 1.94. The van der Waals surface area contributed by atoms with Crippen molar-refractivity contribution in [3.05, 3.63) is 24.3 Å². The minimum atomic E-state index is 0.667. The van der Waals surface area contributed by atoms with Gasteiger partial charge >= 0.3 is 0 Å². The molecule has 0 saturated carbocycles. The Morgan fingerprint density at radius 2 is 1.46 bits per heavy atom. The topological polar surface area (TPSA) is 26.0 Å². The minimum absolute atomic E-state index is 0.667. The highest BCUT2D eigenvalue weighted by molar-refractivity contribution is 4.88. The standard InChI is InChI=1S/C12H23N/c1-2-3-4-5-6-7-8-9-10-11-12-13/h6-7,10-11H,2-5,8-9,12-13H2,1H3. The summed E-state index contributed by atoms with van der Waals surface area (Å²) in [6.07, 6.45) is 16.3. The molecule has 13 heavy (non-hydrogen) atoms. The van der Waals surface area contributed by atoms with Crippen LogP contribution in [0.3, 0.4) is 0 Å². The van der Waals surface area contributed by atoms with E-state index in [9.17, 15) is 0 Å². The smallest absolute Gasteiger partial charge is 0.0106 e. The molecule has 0 aromatic carbocycles. The second-order valence-corrected chi connectivity index (χ2v) is 3.25. The van der Waals surface area contributed by atoms with Gasteiger partial charge in [0.15, 0.2) is 0 Å². The van der Waals surface area contributed by atoms with Crippen molar-refractivity contribution in [1.29, 1.82) is 0 Å². The minimum Gasteiger partial charge on any atom is -0.327 e. The molecular formula is C12H23N. The molecule has 0 aromatic heterocycles. The van der Waals surface area contributed by atoms with Crippen molar-refractivity contribution in [2.45, 2.75) is 45.4 Å². The fourth-order valence-corrected chi connectivity index (χ4v) is 1.15. The summed E-state index contributed by atoms with van der Waals surface area (Å²) in [5.74, 6) is 0. The molecule has 0 rings (SSSR count). The van der Waals surface area contributed by atoms with Gasteiger partial charge in [-0.2, -0.15) is 0 Å². The van der Waals surface area contributed by atoms with Crippen LogP contribution in [0.4, 0.5) is 0 Å². The zero-order valence-electron chi connectivity index (χ0n) is 8.84. The van der Waals surface area contributed by atoms with Crippen LogP contribution in [0, 0.1) is 0 Å². The van der Waals surface area contributed by atoms with E-state index in [0.717, 1.165) is 12.8 Å². The quantitative estimate of drug-likeness (QED) is 0.450. The summed E-state index contributed by atoms with van der Waals surface area (Å²) >= 11 is 0. The van der Waals surface area contributed by atoms with Gasteiger partial charge in [-0.1, -0.05) is 44.1 Å². The van der Waals surface area contributed by atoms with Crippen molar-refractivity contribution in [2.24, 2.45) is 5.73 Å². The van der Waals surface area contributed by atoms with Gasteiger partial charge in [0, 0.05) is 6.54 Å². The first kappa shape index (κ1) is 12.4. The van der Waals surface area contributed by atoms with Crippen molar-refractivity contribution in [3.63, 3.8) is 0 Å². The fraction of sp³-hybridized carbons (Fsp3) is 0.667. The molecule has 0 atom stereocenters. The van der Waals surface area contributed by atoms with Crippen molar-refractivity contribution in [3.8, 4) is 0 Å². The Morgan fingerprint density at radius 3 is 2.08 bits per heavy atom. The first-order valence-corrected chi connectivity index (χ1v) is 5.42. The maximum atomic E-state index is 5.32. The van der Waals surface area contributed by atoms with E-state index in [2.05, 4.69) is 25.2 Å². The number of unbranched alkanes of at least 4 members (excludes halogenated alkanes) is 4. The zero-order chi connectivity index (χ0) is 9.78. The lowest BCUT2D eigenvalue weighted by Gasteiger charge is -1.91. The molecule has 0 bridgehead atoms. The Hall–Kier alpha value is -0.560. The van der Waals surface area contributed by atoms with Crippen LogP contribution in [0.2, 0.25) is 0 Å². The van der Waals surface area contributed by atoms with E-state index in [1.165, 1.54) is 25.7 Å². The molecule has 76 valence electrons. The lowest BCUT2D eigenvalue weighted by Crippen LogP contribution is -1.91. The number of hydrogen-bond acceptors (Lipinski definition) is 1. The molecule has 0 aliphatic heterocycles. The lowest BCUT2D eigenvalue weighted by molar-refractivity contribution is 0.728. The molecule has 0 saturated heterocycles. The summed E-state index contributed by atoms with van der Waals surface area (Å²) in [6, 6.07) is 0. The van der Waals surface area contributed by atoms with Crippen LogP contribution in [0.15, 0.2) is 24.3 Å². The second-order valence-electron chi connectivity index (χ2n) is 3.25. The van der Waals surface area contributed by atoms with Crippen LogP contribution in [0.5, 0.6) is 0 Å². The highest BCUT2D eigenvalue weighted by Gasteiger charge is 1.81. The van der Waals surface area contributed by atoms with Crippen molar-refractivity contribution >= 4 is 0 Å². The fourth-order valence-electron chi connectivity index (χ4n) is 1.15. The van der Waals surface area contributed by atoms with Crippen LogP contribution in [0.25, 0.3) is 0 Å². The highest BCUT2D eigenvalue weighted by atomic mass is 14.5. The summed E-state index contributed by atoms with van der Waals surface area (Å²) in [7, 11) is 0. The molecule has 0 radical (unpaired) electrons. The Balaban J connectivity index is 3.07. The van der Waals surface area contributed by atoms with E-state index >= 15 is 0 Å². The molecule has 0 aliphatic carbocycles. The highest BCUT2D eigenvalue weighted by Crippen LogP contribution is 2.01. The van der Waals surface area contributed by atoms with Gasteiger partial charge in [0.2, 0.25) is 0 Å². The number of hydrogen-bond donors (Lipinski definition) is 1. The maximum absolute atomic E-state index is 5.32. The van der Waals surface area contributed by atoms with Crippen molar-refractivity contribution < 1.29 is 0 Å². The molecule has 0 spiro atoms. The van der Waals surface area contributed by atoms with E-state index < -0.39 is 0 Å². The van der Waals surface area contributed by atoms with Gasteiger partial charge in [-0.25, -0.2) is 0 Å². The van der Waals surface area contributed by atoms with Gasteiger partial charge in [0.25, 0.3) is 0 Å². The Kier molecular flexibility index (Phi) is 10.9. The van der Waals surface area contributed by atoms with Crippen LogP contribution in [-0.2, 0) is 0 Å². The summed E-state index contributed by atoms with van der Waals surface area (Å²) in [5, 5.41) is 0. The van der Waals surface area contributed by atoms with Gasteiger partial charge in [-0.05, 0) is 25.7 Å². The molecular weight excluding hydrogens is 158 g/mol. The molecule has 0 fully saturated rings. The first-order valence-electron chi connectivity index (χ1n) is 5.42. The lowest BCUT2D eigenvalue weighted by atomic mass is 10.2. The first-order chi connectivity index (χ1) is 6.41. The average Bonchev–Trinajstić information content (AvgIpc) is 2.16.